The number of nitrogens with zero attached hydrogens (tertiary/aromatic N) is 1. The van der Waals surface area contributed by atoms with Gasteiger partial charge in [-0.2, -0.15) is 5.26 Å². The molecule has 8 heteroatoms. The van der Waals surface area contributed by atoms with Gasteiger partial charge >= 0.3 is 0 Å². The fraction of sp³-hybridized carbons (Fsp3) is 0. The van der Waals surface area contributed by atoms with Gasteiger partial charge in [-0.1, -0.05) is 46.4 Å². The van der Waals surface area contributed by atoms with E-state index in [2.05, 4.69) is 10.6 Å². The summed E-state index contributed by atoms with van der Waals surface area (Å²) in [4.78, 5) is 12.1. The Bertz CT molecular complexity index is 859. The molecule has 2 aromatic carbocycles. The molecule has 2 aromatic rings. The van der Waals surface area contributed by atoms with Gasteiger partial charge in [0, 0.05) is 16.9 Å². The van der Waals surface area contributed by atoms with Crippen molar-refractivity contribution >= 4 is 63.7 Å². The molecule has 0 aliphatic heterocycles. The molecule has 2 N–H and O–H groups in total. The second-order valence-electron chi connectivity index (χ2n) is 4.52. The first-order valence-electron chi connectivity index (χ1n) is 6.49. The summed E-state index contributed by atoms with van der Waals surface area (Å²) in [6.45, 7) is 0. The van der Waals surface area contributed by atoms with Gasteiger partial charge in [-0.25, -0.2) is 0 Å². The second kappa shape index (κ2) is 8.27. The van der Waals surface area contributed by atoms with E-state index in [-0.39, 0.29) is 5.57 Å². The molecule has 4 nitrogen and oxygen atoms in total. The normalized spacial score (nSPS) is 10.9. The van der Waals surface area contributed by atoms with Crippen molar-refractivity contribution in [2.45, 2.75) is 0 Å². The minimum atomic E-state index is -0.603. The maximum Gasteiger partial charge on any atom is 0.267 e. The number of hydrogen-bond acceptors (Lipinski definition) is 3. The Morgan fingerprint density at radius 3 is 2.38 bits per heavy atom. The Hall–Kier alpha value is -1.90. The lowest BCUT2D eigenvalue weighted by atomic mass is 10.2. The molecule has 0 aromatic heterocycles. The molecule has 2 rings (SSSR count). The van der Waals surface area contributed by atoms with Crippen molar-refractivity contribution in [1.29, 1.82) is 5.26 Å². The zero-order valence-electron chi connectivity index (χ0n) is 11.9. The summed E-state index contributed by atoms with van der Waals surface area (Å²) in [6.07, 6.45) is 1.25. The van der Waals surface area contributed by atoms with Crippen LogP contribution in [0.1, 0.15) is 0 Å². The van der Waals surface area contributed by atoms with Crippen LogP contribution >= 0.6 is 46.4 Å². The molecule has 1 amide bonds. The smallest absolute Gasteiger partial charge is 0.267 e. The number of amides is 1. The highest BCUT2D eigenvalue weighted by molar-refractivity contribution is 6.42. The lowest BCUT2D eigenvalue weighted by Gasteiger charge is -2.07. The molecule has 0 atom stereocenters. The van der Waals surface area contributed by atoms with Crippen molar-refractivity contribution in [3.63, 3.8) is 0 Å². The Morgan fingerprint density at radius 1 is 1.00 bits per heavy atom. The quantitative estimate of drug-likeness (QED) is 0.506. The van der Waals surface area contributed by atoms with Crippen LogP contribution < -0.4 is 10.6 Å². The van der Waals surface area contributed by atoms with Crippen LogP contribution in [0, 0.1) is 11.3 Å². The van der Waals surface area contributed by atoms with Crippen LogP contribution in [0.25, 0.3) is 0 Å². The van der Waals surface area contributed by atoms with Gasteiger partial charge in [-0.3, -0.25) is 4.79 Å². The third-order valence-corrected chi connectivity index (χ3v) is 4.13. The number of carbonyl (C=O) groups excluding carboxylic acids is 1. The van der Waals surface area contributed by atoms with Crippen LogP contribution in [0.4, 0.5) is 11.4 Å². The number of benzene rings is 2. The highest BCUT2D eigenvalue weighted by atomic mass is 35.5. The number of nitrogens with one attached hydrogen (secondary N) is 2. The van der Waals surface area contributed by atoms with E-state index < -0.39 is 5.91 Å². The first kappa shape index (κ1) is 18.4. The zero-order valence-corrected chi connectivity index (χ0v) is 14.9. The predicted molar refractivity (Wildman–Crippen MR) is 98.9 cm³/mol. The Kier molecular flexibility index (Phi) is 6.36. The van der Waals surface area contributed by atoms with Crippen molar-refractivity contribution in [3.05, 3.63) is 68.3 Å². The SMILES string of the molecule is N#C/C(=C/Nc1ccc(Cl)cc1Cl)C(=O)Nc1ccc(Cl)c(Cl)c1. The van der Waals surface area contributed by atoms with Crippen molar-refractivity contribution in [2.24, 2.45) is 0 Å². The standard InChI is InChI=1S/C16H9Cl4N3O/c17-10-1-4-15(14(20)5-10)22-8-9(7-21)16(24)23-11-2-3-12(18)13(19)6-11/h1-6,8,22H,(H,23,24)/b9-8-. The molecule has 0 unspecified atom stereocenters. The molecular weight excluding hydrogens is 392 g/mol. The first-order valence-corrected chi connectivity index (χ1v) is 8.00. The van der Waals surface area contributed by atoms with Gasteiger partial charge in [0.2, 0.25) is 0 Å². The fourth-order valence-electron chi connectivity index (χ4n) is 1.68. The Morgan fingerprint density at radius 2 is 1.75 bits per heavy atom. The molecule has 0 heterocycles. The van der Waals surface area contributed by atoms with Gasteiger partial charge in [-0.05, 0) is 36.4 Å². The zero-order chi connectivity index (χ0) is 17.7. The van der Waals surface area contributed by atoms with E-state index in [1.54, 1.807) is 30.3 Å². The lowest BCUT2D eigenvalue weighted by Crippen LogP contribution is -2.14. The van der Waals surface area contributed by atoms with Gasteiger partial charge in [0.1, 0.15) is 11.6 Å². The van der Waals surface area contributed by atoms with E-state index in [0.29, 0.717) is 31.5 Å². The van der Waals surface area contributed by atoms with E-state index >= 15 is 0 Å². The molecular formula is C16H9Cl4N3O. The van der Waals surface area contributed by atoms with Crippen molar-refractivity contribution in [1.82, 2.24) is 0 Å². The summed E-state index contributed by atoms with van der Waals surface area (Å²) in [5.41, 5.74) is 0.781. The summed E-state index contributed by atoms with van der Waals surface area (Å²) >= 11 is 23.5. The maximum atomic E-state index is 12.1. The van der Waals surface area contributed by atoms with Crippen LogP contribution in [0.3, 0.4) is 0 Å². The average molecular weight is 401 g/mol. The molecule has 0 radical (unpaired) electrons. The summed E-state index contributed by atoms with van der Waals surface area (Å²) < 4.78 is 0. The molecule has 0 bridgehead atoms. The number of carbonyl (C=O) groups is 1. The van der Waals surface area contributed by atoms with E-state index in [1.165, 1.54) is 12.3 Å². The van der Waals surface area contributed by atoms with Gasteiger partial charge < -0.3 is 10.6 Å². The lowest BCUT2D eigenvalue weighted by molar-refractivity contribution is -0.112. The third kappa shape index (κ3) is 4.80. The second-order valence-corrected chi connectivity index (χ2v) is 6.18. The molecule has 0 aliphatic carbocycles. The number of nitriles is 1. The molecule has 0 saturated carbocycles. The highest BCUT2D eigenvalue weighted by Crippen LogP contribution is 2.26. The van der Waals surface area contributed by atoms with Crippen LogP contribution in [0.15, 0.2) is 48.2 Å². The molecule has 122 valence electrons. The highest BCUT2D eigenvalue weighted by Gasteiger charge is 2.11. The molecule has 0 fully saturated rings. The predicted octanol–water partition coefficient (Wildman–Crippen LogP) is 5.76. The number of hydrogen-bond donors (Lipinski definition) is 2. The average Bonchev–Trinajstić information content (AvgIpc) is 2.53. The molecule has 0 spiro atoms. The van der Waals surface area contributed by atoms with Crippen molar-refractivity contribution < 1.29 is 4.79 Å². The number of halogens is 4. The maximum absolute atomic E-state index is 12.1. The van der Waals surface area contributed by atoms with E-state index in [0.717, 1.165) is 0 Å². The summed E-state index contributed by atoms with van der Waals surface area (Å²) in [5, 5.41) is 16.0. The molecule has 24 heavy (non-hydrogen) atoms. The summed E-state index contributed by atoms with van der Waals surface area (Å²) in [5.74, 6) is -0.603. The van der Waals surface area contributed by atoms with E-state index in [4.69, 9.17) is 51.7 Å². The van der Waals surface area contributed by atoms with Crippen LogP contribution in [0.2, 0.25) is 20.1 Å². The van der Waals surface area contributed by atoms with Gasteiger partial charge in [0.05, 0.1) is 20.8 Å². The van der Waals surface area contributed by atoms with Crippen LogP contribution in [-0.2, 0) is 4.79 Å². The summed E-state index contributed by atoms with van der Waals surface area (Å²) in [7, 11) is 0. The van der Waals surface area contributed by atoms with Gasteiger partial charge in [0.25, 0.3) is 5.91 Å². The van der Waals surface area contributed by atoms with Crippen molar-refractivity contribution in [3.8, 4) is 6.07 Å². The molecule has 0 aliphatic rings. The molecule has 0 saturated heterocycles. The third-order valence-electron chi connectivity index (χ3n) is 2.85. The van der Waals surface area contributed by atoms with Gasteiger partial charge in [-0.15, -0.1) is 0 Å². The van der Waals surface area contributed by atoms with E-state index in [9.17, 15) is 4.79 Å². The number of rotatable bonds is 4. The van der Waals surface area contributed by atoms with Crippen LogP contribution in [-0.4, -0.2) is 5.91 Å². The summed E-state index contributed by atoms with van der Waals surface area (Å²) in [6, 6.07) is 11.2. The first-order chi connectivity index (χ1) is 11.4. The largest absolute Gasteiger partial charge is 0.359 e. The minimum Gasteiger partial charge on any atom is -0.359 e. The fourth-order valence-corrected chi connectivity index (χ4v) is 2.44. The van der Waals surface area contributed by atoms with E-state index in [1.807, 2.05) is 6.07 Å². The number of anilines is 2. The Balaban J connectivity index is 2.13. The van der Waals surface area contributed by atoms with Gasteiger partial charge in [0.15, 0.2) is 0 Å². The monoisotopic (exact) mass is 399 g/mol. The topological polar surface area (TPSA) is 64.9 Å². The minimum absolute atomic E-state index is 0.146. The van der Waals surface area contributed by atoms with Crippen LogP contribution in [0.5, 0.6) is 0 Å². The Labute approximate surface area is 158 Å². The van der Waals surface area contributed by atoms with Crippen molar-refractivity contribution in [2.75, 3.05) is 10.6 Å².